The third kappa shape index (κ3) is 4.22. The maximum Gasteiger partial charge on any atom is 0.322 e. The number of ether oxygens (including phenoxy) is 1. The molecule has 1 heterocycles. The molecule has 0 aliphatic heterocycles. The average Bonchev–Trinajstić information content (AvgIpc) is 2.73. The summed E-state index contributed by atoms with van der Waals surface area (Å²) < 4.78 is 48.0. The van der Waals surface area contributed by atoms with Crippen LogP contribution in [0.3, 0.4) is 0 Å². The Morgan fingerprint density at radius 3 is 2.40 bits per heavy atom. The van der Waals surface area contributed by atoms with Crippen molar-refractivity contribution in [2.24, 2.45) is 0 Å². The molecule has 1 aromatic heterocycles. The average molecular weight is 459 g/mol. The number of benzene rings is 2. The van der Waals surface area contributed by atoms with Crippen LogP contribution in [0.2, 0.25) is 10.0 Å². The summed E-state index contributed by atoms with van der Waals surface area (Å²) in [6.07, 6.45) is 0. The number of rotatable bonds is 6. The van der Waals surface area contributed by atoms with Gasteiger partial charge in [0.2, 0.25) is 17.6 Å². The molecule has 0 unspecified atom stereocenters. The number of nitrogens with zero attached hydrogens (tertiary/aromatic N) is 1. The Bertz CT molecular complexity index is 1130. The third-order valence-electron chi connectivity index (χ3n) is 3.85. The lowest BCUT2D eigenvalue weighted by atomic mass is 10.0. The molecule has 6 nitrogen and oxygen atoms in total. The molecule has 0 radical (unpaired) electrons. The molecule has 0 aliphatic rings. The van der Waals surface area contributed by atoms with Gasteiger partial charge in [0.25, 0.3) is 0 Å². The molecular weight excluding hydrogens is 448 g/mol. The van der Waals surface area contributed by atoms with E-state index in [1.54, 1.807) is 18.2 Å². The Hall–Kier alpha value is -3.17. The van der Waals surface area contributed by atoms with Gasteiger partial charge in [-0.2, -0.15) is 18.2 Å². The van der Waals surface area contributed by atoms with Gasteiger partial charge >= 0.3 is 5.97 Å². The first-order chi connectivity index (χ1) is 14.2. The highest BCUT2D eigenvalue weighted by molar-refractivity contribution is 6.38. The number of aromatic hydroxyl groups is 1. The number of carboxylic acid groups (broad SMARTS) is 1. The molecule has 0 spiro atoms. The van der Waals surface area contributed by atoms with Crippen molar-refractivity contribution in [3.05, 3.63) is 64.0 Å². The van der Waals surface area contributed by atoms with Crippen LogP contribution in [0.5, 0.6) is 17.2 Å². The highest BCUT2D eigenvalue weighted by atomic mass is 35.5. The maximum atomic E-state index is 14.4. The molecule has 0 saturated heterocycles. The van der Waals surface area contributed by atoms with Crippen LogP contribution in [-0.2, 0) is 4.79 Å². The number of carbonyl (C=O) groups is 1. The lowest BCUT2D eigenvalue weighted by molar-refractivity contribution is -0.134. The molecule has 0 fully saturated rings. The van der Waals surface area contributed by atoms with Crippen LogP contribution in [0.4, 0.5) is 19.0 Å². The molecule has 0 amide bonds. The fourth-order valence-corrected chi connectivity index (χ4v) is 2.94. The zero-order valence-electron chi connectivity index (χ0n) is 14.7. The molecule has 156 valence electrons. The Labute approximate surface area is 177 Å². The van der Waals surface area contributed by atoms with E-state index in [-0.39, 0.29) is 5.56 Å². The van der Waals surface area contributed by atoms with E-state index in [0.29, 0.717) is 5.56 Å². The standard InChI is InChI=1S/C19H11Cl2F3N2O4/c20-12-17(13(21)19(26-18(12)24)25-7-11(27)28)30-10-6-9(8-4-2-1-3-5-8)16(29)15(23)14(10)22/h1-6,29H,7H2,(H,25,26)(H,27,28). The number of carboxylic acids is 1. The second-order valence-electron chi connectivity index (χ2n) is 5.82. The van der Waals surface area contributed by atoms with E-state index in [9.17, 15) is 23.1 Å². The van der Waals surface area contributed by atoms with Crippen molar-refractivity contribution in [1.29, 1.82) is 0 Å². The van der Waals surface area contributed by atoms with E-state index >= 15 is 0 Å². The number of anilines is 1. The van der Waals surface area contributed by atoms with Gasteiger partial charge in [0.1, 0.15) is 16.6 Å². The Kier molecular flexibility index (Phi) is 6.23. The monoisotopic (exact) mass is 458 g/mol. The van der Waals surface area contributed by atoms with Gasteiger partial charge in [0.15, 0.2) is 23.1 Å². The molecule has 11 heteroatoms. The number of aromatic nitrogens is 1. The van der Waals surface area contributed by atoms with Gasteiger partial charge in [0, 0.05) is 5.56 Å². The summed E-state index contributed by atoms with van der Waals surface area (Å²) in [7, 11) is 0. The lowest BCUT2D eigenvalue weighted by Gasteiger charge is -2.15. The van der Waals surface area contributed by atoms with Gasteiger partial charge in [0.05, 0.1) is 0 Å². The quantitative estimate of drug-likeness (QED) is 0.424. The molecule has 0 saturated carbocycles. The lowest BCUT2D eigenvalue weighted by Crippen LogP contribution is -2.14. The first-order valence-electron chi connectivity index (χ1n) is 8.15. The number of aliphatic carboxylic acids is 1. The van der Waals surface area contributed by atoms with Crippen LogP contribution in [0.25, 0.3) is 11.1 Å². The molecule has 3 N–H and O–H groups in total. The Balaban J connectivity index is 2.10. The van der Waals surface area contributed by atoms with Crippen molar-refractivity contribution in [2.45, 2.75) is 0 Å². The van der Waals surface area contributed by atoms with Gasteiger partial charge in [-0.1, -0.05) is 53.5 Å². The number of pyridine rings is 1. The molecule has 0 atom stereocenters. The van der Waals surface area contributed by atoms with Crippen LogP contribution >= 0.6 is 23.2 Å². The normalized spacial score (nSPS) is 10.7. The number of halogens is 5. The van der Waals surface area contributed by atoms with Crippen LogP contribution < -0.4 is 10.1 Å². The van der Waals surface area contributed by atoms with Crippen molar-refractivity contribution < 1.29 is 32.9 Å². The Morgan fingerprint density at radius 1 is 1.10 bits per heavy atom. The summed E-state index contributed by atoms with van der Waals surface area (Å²) in [5.74, 6) is -8.50. The summed E-state index contributed by atoms with van der Waals surface area (Å²) in [6.45, 7) is -0.659. The topological polar surface area (TPSA) is 91.7 Å². The van der Waals surface area contributed by atoms with E-state index in [1.165, 1.54) is 12.1 Å². The van der Waals surface area contributed by atoms with E-state index < -0.39 is 63.2 Å². The van der Waals surface area contributed by atoms with Crippen LogP contribution in [0.15, 0.2) is 36.4 Å². The van der Waals surface area contributed by atoms with Gasteiger partial charge in [-0.25, -0.2) is 0 Å². The van der Waals surface area contributed by atoms with E-state index in [2.05, 4.69) is 10.3 Å². The van der Waals surface area contributed by atoms with E-state index in [0.717, 1.165) is 6.07 Å². The summed E-state index contributed by atoms with van der Waals surface area (Å²) >= 11 is 11.8. The van der Waals surface area contributed by atoms with Gasteiger partial charge < -0.3 is 20.3 Å². The van der Waals surface area contributed by atoms with Crippen molar-refractivity contribution in [3.8, 4) is 28.4 Å². The number of phenolic OH excluding ortho intramolecular Hbond substituents is 1. The zero-order chi connectivity index (χ0) is 22.0. The van der Waals surface area contributed by atoms with Crippen LogP contribution in [0.1, 0.15) is 0 Å². The summed E-state index contributed by atoms with van der Waals surface area (Å²) in [6, 6.07) is 8.97. The van der Waals surface area contributed by atoms with Crippen molar-refractivity contribution in [2.75, 3.05) is 11.9 Å². The minimum atomic E-state index is -1.60. The molecular formula is C19H11Cl2F3N2O4. The van der Waals surface area contributed by atoms with Gasteiger partial charge in [-0.05, 0) is 11.6 Å². The summed E-state index contributed by atoms with van der Waals surface area (Å²) in [5.41, 5.74) is 0.246. The number of hydrogen-bond acceptors (Lipinski definition) is 5. The number of nitrogens with one attached hydrogen (secondary N) is 1. The van der Waals surface area contributed by atoms with Crippen molar-refractivity contribution in [1.82, 2.24) is 4.98 Å². The predicted molar refractivity (Wildman–Crippen MR) is 104 cm³/mol. The molecule has 3 aromatic rings. The highest BCUT2D eigenvalue weighted by Gasteiger charge is 2.25. The second kappa shape index (κ2) is 8.68. The zero-order valence-corrected chi connectivity index (χ0v) is 16.2. The molecule has 0 aliphatic carbocycles. The highest BCUT2D eigenvalue weighted by Crippen LogP contribution is 2.44. The minimum absolute atomic E-state index is 0.101. The maximum absolute atomic E-state index is 14.4. The Morgan fingerprint density at radius 2 is 1.77 bits per heavy atom. The SMILES string of the molecule is O=C(O)CNc1nc(F)c(Cl)c(Oc2cc(-c3ccccc3)c(O)c(F)c2F)c1Cl. The summed E-state index contributed by atoms with van der Waals surface area (Å²) in [5, 5.41) is 19.8. The molecule has 30 heavy (non-hydrogen) atoms. The van der Waals surface area contributed by atoms with Gasteiger partial charge in [-0.3, -0.25) is 4.79 Å². The first kappa shape index (κ1) is 21.5. The molecule has 3 rings (SSSR count). The van der Waals surface area contributed by atoms with E-state index in [1.807, 2.05) is 0 Å². The van der Waals surface area contributed by atoms with Crippen molar-refractivity contribution in [3.63, 3.8) is 0 Å². The predicted octanol–water partition coefficient (Wildman–Crippen LogP) is 5.47. The fraction of sp³-hybridized carbons (Fsp3) is 0.0526. The fourth-order valence-electron chi connectivity index (χ4n) is 2.48. The third-order valence-corrected chi connectivity index (χ3v) is 4.53. The number of phenols is 1. The van der Waals surface area contributed by atoms with Crippen molar-refractivity contribution >= 4 is 35.0 Å². The van der Waals surface area contributed by atoms with Crippen LogP contribution in [0, 0.1) is 17.6 Å². The van der Waals surface area contributed by atoms with E-state index in [4.69, 9.17) is 33.0 Å². The minimum Gasteiger partial charge on any atom is -0.504 e. The summed E-state index contributed by atoms with van der Waals surface area (Å²) in [4.78, 5) is 14.1. The smallest absolute Gasteiger partial charge is 0.322 e. The van der Waals surface area contributed by atoms with Gasteiger partial charge in [-0.15, -0.1) is 0 Å². The second-order valence-corrected chi connectivity index (χ2v) is 6.58. The van der Waals surface area contributed by atoms with Crippen LogP contribution in [-0.4, -0.2) is 27.7 Å². The largest absolute Gasteiger partial charge is 0.504 e. The first-order valence-corrected chi connectivity index (χ1v) is 8.90. The molecule has 2 aromatic carbocycles. The number of hydrogen-bond donors (Lipinski definition) is 3. The molecule has 0 bridgehead atoms.